The zero-order valence-electron chi connectivity index (χ0n) is 39.6. The van der Waals surface area contributed by atoms with E-state index in [1.807, 2.05) is 84.9 Å². The van der Waals surface area contributed by atoms with E-state index >= 15 is 4.57 Å². The highest BCUT2D eigenvalue weighted by atomic mass is 31.2. The highest BCUT2D eigenvalue weighted by Gasteiger charge is 2.30. The van der Waals surface area contributed by atoms with E-state index in [1.165, 1.54) is 5.56 Å². The van der Waals surface area contributed by atoms with Crippen LogP contribution in [0, 0.1) is 0 Å². The normalized spacial score (nSPS) is 11.6. The minimum atomic E-state index is -3.14. The van der Waals surface area contributed by atoms with Crippen molar-refractivity contribution >= 4 is 55.8 Å². The van der Waals surface area contributed by atoms with Gasteiger partial charge < -0.3 is 8.98 Å². The number of hydrogen-bond donors (Lipinski definition) is 0. The molecule has 0 spiro atoms. The molecule has 0 aliphatic carbocycles. The van der Waals surface area contributed by atoms with Gasteiger partial charge in [-0.2, -0.15) is 0 Å². The van der Waals surface area contributed by atoms with Gasteiger partial charge >= 0.3 is 0 Å². The first-order valence-electron chi connectivity index (χ1n) is 24.6. The summed E-state index contributed by atoms with van der Waals surface area (Å²) in [5.41, 5.74) is 15.2. The molecule has 0 unspecified atom stereocenters. The smallest absolute Gasteiger partial charge is 0.171 e. The molecule has 4 nitrogen and oxygen atoms in total. The van der Waals surface area contributed by atoms with Gasteiger partial charge in [0, 0.05) is 48.8 Å². The van der Waals surface area contributed by atoms with Gasteiger partial charge in [0.2, 0.25) is 0 Å². The Balaban J connectivity index is 0.890. The third kappa shape index (κ3) is 8.05. The molecule has 5 heteroatoms. The van der Waals surface area contributed by atoms with Gasteiger partial charge in [-0.1, -0.05) is 255 Å². The summed E-state index contributed by atoms with van der Waals surface area (Å²) in [7, 11) is -3.14. The van der Waals surface area contributed by atoms with Crippen LogP contribution in [0.1, 0.15) is 0 Å². The van der Waals surface area contributed by atoms with Gasteiger partial charge in [0.1, 0.15) is 11.2 Å². The molecule has 0 aliphatic rings. The lowest BCUT2D eigenvalue weighted by Gasteiger charge is -2.20. The zero-order chi connectivity index (χ0) is 48.7. The molecular weight excluding hydrogens is 908 g/mol. The molecule has 73 heavy (non-hydrogen) atoms. The molecule has 0 fully saturated rings. The second-order valence-corrected chi connectivity index (χ2v) is 21.1. The van der Waals surface area contributed by atoms with Crippen LogP contribution in [0.4, 0.5) is 0 Å². The Kier molecular flexibility index (Phi) is 11.1. The maximum absolute atomic E-state index is 15.3. The largest absolute Gasteiger partial charge is 0.455 e. The number of hydrogen-bond acceptors (Lipinski definition) is 4. The van der Waals surface area contributed by atoms with Gasteiger partial charge in [-0.15, -0.1) is 0 Å². The molecule has 0 saturated heterocycles. The first kappa shape index (κ1) is 43.8. The molecular formula is C68H45N2O2P. The van der Waals surface area contributed by atoms with Gasteiger partial charge in [-0.25, -0.2) is 9.97 Å². The second-order valence-electron chi connectivity index (χ2n) is 18.4. The maximum atomic E-state index is 15.3. The summed E-state index contributed by atoms with van der Waals surface area (Å²) in [5, 5.41) is 6.63. The van der Waals surface area contributed by atoms with E-state index in [0.29, 0.717) is 5.82 Å². The van der Waals surface area contributed by atoms with Crippen molar-refractivity contribution in [2.24, 2.45) is 0 Å². The molecule has 11 aromatic carbocycles. The van der Waals surface area contributed by atoms with Gasteiger partial charge in [-0.3, -0.25) is 0 Å². The Bertz CT molecular complexity index is 4010. The van der Waals surface area contributed by atoms with Crippen LogP contribution in [-0.4, -0.2) is 9.97 Å². The lowest BCUT2D eigenvalue weighted by Crippen LogP contribution is -2.24. The summed E-state index contributed by atoms with van der Waals surface area (Å²) < 4.78 is 22.1. The Hall–Kier alpha value is -9.21. The van der Waals surface area contributed by atoms with Crippen LogP contribution < -0.4 is 15.9 Å². The molecule has 0 aliphatic heterocycles. The number of aromatic nitrogens is 2. The molecule has 2 aromatic heterocycles. The molecule has 0 bridgehead atoms. The third-order valence-corrected chi connectivity index (χ3v) is 17.1. The summed E-state index contributed by atoms with van der Waals surface area (Å²) in [6.45, 7) is 0. The van der Waals surface area contributed by atoms with E-state index in [-0.39, 0.29) is 0 Å². The molecule has 0 saturated carbocycles. The lowest BCUT2D eigenvalue weighted by atomic mass is 9.93. The fourth-order valence-corrected chi connectivity index (χ4v) is 12.9. The van der Waals surface area contributed by atoms with Crippen molar-refractivity contribution in [3.63, 3.8) is 0 Å². The number of fused-ring (bicyclic) bond motifs is 5. The van der Waals surface area contributed by atoms with Crippen LogP contribution in [0.2, 0.25) is 0 Å². The van der Waals surface area contributed by atoms with Crippen molar-refractivity contribution in [3.05, 3.63) is 273 Å². The van der Waals surface area contributed by atoms with Gasteiger partial charge in [0.05, 0.1) is 11.4 Å². The molecule has 13 aromatic rings. The first-order chi connectivity index (χ1) is 36.0. The molecule has 344 valence electrons. The van der Waals surface area contributed by atoms with E-state index in [4.69, 9.17) is 14.4 Å². The minimum absolute atomic E-state index is 0.664. The van der Waals surface area contributed by atoms with E-state index in [0.717, 1.165) is 116 Å². The summed E-state index contributed by atoms with van der Waals surface area (Å²) >= 11 is 0. The highest BCUT2D eigenvalue weighted by Crippen LogP contribution is 2.46. The molecule has 0 atom stereocenters. The number of benzene rings is 11. The van der Waals surface area contributed by atoms with Crippen molar-refractivity contribution in [1.29, 1.82) is 0 Å². The number of furan rings is 1. The Morgan fingerprint density at radius 2 is 0.712 bits per heavy atom. The quantitative estimate of drug-likeness (QED) is 0.128. The lowest BCUT2D eigenvalue weighted by molar-refractivity contribution is 0.592. The first-order valence-corrected chi connectivity index (χ1v) is 26.3. The molecule has 0 amide bonds. The van der Waals surface area contributed by atoms with Crippen molar-refractivity contribution in [3.8, 4) is 78.4 Å². The SMILES string of the molecule is O=P(c1ccccc1)(c1ccccc1)c1ccc(-c2cc3c(oc4cccc(-c5ccc(-c6cc(-c7ccc(-c8ccccc8)cc7)nc(-c7ccc(-c8ccccc8)cc7)n6)cc5)c43)c3ccccc23)cc1. The predicted molar refractivity (Wildman–Crippen MR) is 304 cm³/mol. The van der Waals surface area contributed by atoms with E-state index in [9.17, 15) is 0 Å². The minimum Gasteiger partial charge on any atom is -0.455 e. The van der Waals surface area contributed by atoms with Crippen molar-refractivity contribution < 1.29 is 8.98 Å². The average Bonchev–Trinajstić information content (AvgIpc) is 3.87. The summed E-state index contributed by atoms with van der Waals surface area (Å²) in [6.07, 6.45) is 0. The van der Waals surface area contributed by atoms with E-state index in [1.54, 1.807) is 0 Å². The average molecular weight is 953 g/mol. The van der Waals surface area contributed by atoms with Gasteiger partial charge in [-0.05, 0) is 68.1 Å². The number of rotatable bonds is 10. The topological polar surface area (TPSA) is 56.0 Å². The van der Waals surface area contributed by atoms with Crippen LogP contribution in [-0.2, 0) is 4.57 Å². The third-order valence-electron chi connectivity index (χ3n) is 14.0. The Labute approximate surface area is 424 Å². The fourth-order valence-electron chi connectivity index (χ4n) is 10.3. The summed E-state index contributed by atoms with van der Waals surface area (Å²) in [5.74, 6) is 0.664. The van der Waals surface area contributed by atoms with Crippen LogP contribution in [0.5, 0.6) is 0 Å². The van der Waals surface area contributed by atoms with E-state index in [2.05, 4.69) is 188 Å². The molecule has 2 heterocycles. The predicted octanol–water partition coefficient (Wildman–Crippen LogP) is 16.8. The Morgan fingerprint density at radius 3 is 1.26 bits per heavy atom. The van der Waals surface area contributed by atoms with Crippen LogP contribution in [0.3, 0.4) is 0 Å². The standard InChI is InChI=1S/C68H45N2O2P/c71-73(55-20-9-3-10-21-55,56-22-11-4-12-23-56)57-42-40-51(41-43-57)61-44-62-66-58(26-15-27-65(66)72-67(62)60-25-14-13-24-59(60)61)50-32-36-53(37-33-50)64-45-63(52-34-28-48(29-35-52)46-16-5-1-6-17-46)69-68(70-64)54-38-30-49(31-39-54)47-18-7-2-8-19-47/h1-45H. The zero-order valence-corrected chi connectivity index (χ0v) is 40.5. The van der Waals surface area contributed by atoms with Crippen molar-refractivity contribution in [1.82, 2.24) is 9.97 Å². The fraction of sp³-hybridized carbons (Fsp3) is 0. The maximum Gasteiger partial charge on any atom is 0.171 e. The number of nitrogens with zero attached hydrogens (tertiary/aromatic N) is 2. The summed E-state index contributed by atoms with van der Waals surface area (Å²) in [4.78, 5) is 10.4. The van der Waals surface area contributed by atoms with Crippen LogP contribution >= 0.6 is 7.14 Å². The highest BCUT2D eigenvalue weighted by molar-refractivity contribution is 7.85. The molecule has 0 radical (unpaired) electrons. The second kappa shape index (κ2) is 18.5. The Morgan fingerprint density at radius 1 is 0.301 bits per heavy atom. The van der Waals surface area contributed by atoms with E-state index < -0.39 is 7.14 Å². The summed E-state index contributed by atoms with van der Waals surface area (Å²) in [6, 6.07) is 93.8. The monoisotopic (exact) mass is 952 g/mol. The molecule has 0 N–H and O–H groups in total. The van der Waals surface area contributed by atoms with Crippen LogP contribution in [0.25, 0.3) is 111 Å². The van der Waals surface area contributed by atoms with Gasteiger partial charge in [0.15, 0.2) is 13.0 Å². The van der Waals surface area contributed by atoms with Crippen molar-refractivity contribution in [2.45, 2.75) is 0 Å². The van der Waals surface area contributed by atoms with Crippen LogP contribution in [0.15, 0.2) is 277 Å². The van der Waals surface area contributed by atoms with Gasteiger partial charge in [0.25, 0.3) is 0 Å². The van der Waals surface area contributed by atoms with Crippen molar-refractivity contribution in [2.75, 3.05) is 0 Å². The molecule has 13 rings (SSSR count).